The van der Waals surface area contributed by atoms with Gasteiger partial charge in [-0.15, -0.1) is 0 Å². The van der Waals surface area contributed by atoms with E-state index < -0.39 is 11.7 Å². The molecule has 0 aliphatic rings. The second kappa shape index (κ2) is 9.66. The Bertz CT molecular complexity index is 1040. The van der Waals surface area contributed by atoms with Crippen LogP contribution in [0.1, 0.15) is 10.4 Å². The Labute approximate surface area is 186 Å². The van der Waals surface area contributed by atoms with Gasteiger partial charge in [0, 0.05) is 17.1 Å². The van der Waals surface area contributed by atoms with Gasteiger partial charge < -0.3 is 20.7 Å². The summed E-state index contributed by atoms with van der Waals surface area (Å²) in [5.41, 5.74) is 2.12. The number of nitrogens with one attached hydrogen (secondary N) is 3. The zero-order valence-corrected chi connectivity index (χ0v) is 18.3. The third-order valence-electron chi connectivity index (χ3n) is 3.93. The van der Waals surface area contributed by atoms with Crippen LogP contribution in [0, 0.1) is 9.39 Å². The van der Waals surface area contributed by atoms with Gasteiger partial charge in [0.2, 0.25) is 0 Å². The molecule has 0 aliphatic carbocycles. The smallest absolute Gasteiger partial charge is 0.258 e. The molecule has 5 nitrogen and oxygen atoms in total. The SMILES string of the molecule is COc1ccc(NC(=S)Nc2ccc(NC(=O)c3ccccc3F)cc2)cc1I. The molecule has 0 aromatic heterocycles. The number of methoxy groups -OCH3 is 1. The van der Waals surface area contributed by atoms with Crippen molar-refractivity contribution in [2.24, 2.45) is 0 Å². The van der Waals surface area contributed by atoms with E-state index in [9.17, 15) is 9.18 Å². The number of hydrogen-bond acceptors (Lipinski definition) is 3. The number of carbonyl (C=O) groups excluding carboxylic acids is 1. The van der Waals surface area contributed by atoms with Crippen LogP contribution in [0.2, 0.25) is 0 Å². The van der Waals surface area contributed by atoms with E-state index in [2.05, 4.69) is 38.5 Å². The Hall–Kier alpha value is -2.72. The lowest BCUT2D eigenvalue weighted by Gasteiger charge is -2.12. The molecule has 148 valence electrons. The molecule has 0 heterocycles. The largest absolute Gasteiger partial charge is 0.496 e. The molecule has 1 amide bonds. The van der Waals surface area contributed by atoms with Crippen LogP contribution in [0.25, 0.3) is 0 Å². The molecule has 3 aromatic carbocycles. The van der Waals surface area contributed by atoms with Crippen molar-refractivity contribution in [1.29, 1.82) is 0 Å². The molecular formula is C21H17FIN3O2S. The van der Waals surface area contributed by atoms with Crippen molar-refractivity contribution >= 4 is 62.9 Å². The zero-order valence-electron chi connectivity index (χ0n) is 15.3. The number of amides is 1. The van der Waals surface area contributed by atoms with Crippen LogP contribution in [-0.2, 0) is 0 Å². The highest BCUT2D eigenvalue weighted by Gasteiger charge is 2.11. The van der Waals surface area contributed by atoms with E-state index in [0.717, 1.165) is 20.7 Å². The average molecular weight is 521 g/mol. The summed E-state index contributed by atoms with van der Waals surface area (Å²) in [5.74, 6) is -0.272. The van der Waals surface area contributed by atoms with E-state index in [1.54, 1.807) is 37.4 Å². The molecular weight excluding hydrogens is 504 g/mol. The lowest BCUT2D eigenvalue weighted by molar-refractivity contribution is 0.102. The second-order valence-electron chi connectivity index (χ2n) is 5.94. The van der Waals surface area contributed by atoms with Crippen molar-refractivity contribution in [1.82, 2.24) is 0 Å². The molecule has 0 fully saturated rings. The van der Waals surface area contributed by atoms with Gasteiger partial charge in [-0.3, -0.25) is 4.79 Å². The van der Waals surface area contributed by atoms with Crippen molar-refractivity contribution in [2.75, 3.05) is 23.1 Å². The normalized spacial score (nSPS) is 10.2. The highest BCUT2D eigenvalue weighted by atomic mass is 127. The quantitative estimate of drug-likeness (QED) is 0.306. The van der Waals surface area contributed by atoms with Gasteiger partial charge in [0.25, 0.3) is 5.91 Å². The molecule has 0 radical (unpaired) electrons. The summed E-state index contributed by atoms with van der Waals surface area (Å²) in [4.78, 5) is 12.2. The van der Waals surface area contributed by atoms with Gasteiger partial charge in [0.15, 0.2) is 5.11 Å². The first-order valence-electron chi connectivity index (χ1n) is 8.54. The van der Waals surface area contributed by atoms with E-state index in [0.29, 0.717) is 10.8 Å². The second-order valence-corrected chi connectivity index (χ2v) is 7.51. The molecule has 0 saturated heterocycles. The van der Waals surface area contributed by atoms with Crippen molar-refractivity contribution in [3.63, 3.8) is 0 Å². The fourth-order valence-electron chi connectivity index (χ4n) is 2.52. The summed E-state index contributed by atoms with van der Waals surface area (Å²) in [7, 11) is 1.62. The number of anilines is 3. The monoisotopic (exact) mass is 521 g/mol. The first kappa shape index (κ1) is 21.0. The van der Waals surface area contributed by atoms with Crippen LogP contribution in [0.15, 0.2) is 66.7 Å². The zero-order chi connectivity index (χ0) is 20.8. The van der Waals surface area contributed by atoms with Crippen molar-refractivity contribution in [3.05, 3.63) is 81.7 Å². The third kappa shape index (κ3) is 5.64. The number of halogens is 2. The summed E-state index contributed by atoms with van der Waals surface area (Å²) in [6.07, 6.45) is 0. The Morgan fingerprint density at radius 3 is 2.14 bits per heavy atom. The van der Waals surface area contributed by atoms with Crippen LogP contribution in [0.5, 0.6) is 5.75 Å². The summed E-state index contributed by atoms with van der Waals surface area (Å²) in [5, 5.41) is 9.27. The lowest BCUT2D eigenvalue weighted by Crippen LogP contribution is -2.19. The molecule has 0 atom stereocenters. The number of hydrogen-bond donors (Lipinski definition) is 3. The van der Waals surface area contributed by atoms with Crippen LogP contribution in [-0.4, -0.2) is 18.1 Å². The molecule has 0 saturated carbocycles. The molecule has 0 bridgehead atoms. The van der Waals surface area contributed by atoms with E-state index in [4.69, 9.17) is 17.0 Å². The van der Waals surface area contributed by atoms with Crippen LogP contribution < -0.4 is 20.7 Å². The molecule has 3 N–H and O–H groups in total. The highest BCUT2D eigenvalue weighted by Crippen LogP contribution is 2.24. The van der Waals surface area contributed by atoms with Gasteiger partial charge in [0.05, 0.1) is 16.2 Å². The Kier molecular flexibility index (Phi) is 6.99. The van der Waals surface area contributed by atoms with Gasteiger partial charge in [-0.1, -0.05) is 12.1 Å². The summed E-state index contributed by atoms with van der Waals surface area (Å²) in [6, 6.07) is 18.4. The van der Waals surface area contributed by atoms with Crippen LogP contribution in [0.3, 0.4) is 0 Å². The van der Waals surface area contributed by atoms with Crippen LogP contribution in [0.4, 0.5) is 21.5 Å². The van der Waals surface area contributed by atoms with Gasteiger partial charge in [-0.05, 0) is 89.4 Å². The summed E-state index contributed by atoms with van der Waals surface area (Å²) in [6.45, 7) is 0. The fourth-order valence-corrected chi connectivity index (χ4v) is 3.49. The standard InChI is InChI=1S/C21H17FIN3O2S/c1-28-19-11-10-15(12-18(19)23)26-21(29)25-14-8-6-13(7-9-14)24-20(27)16-4-2-3-5-17(16)22/h2-12H,1H3,(H,24,27)(H2,25,26,29). The predicted octanol–water partition coefficient (Wildman–Crippen LogP) is 5.50. The molecule has 0 spiro atoms. The third-order valence-corrected chi connectivity index (χ3v) is 4.98. The Morgan fingerprint density at radius 2 is 1.52 bits per heavy atom. The van der Waals surface area contributed by atoms with E-state index in [1.807, 2.05) is 18.2 Å². The Morgan fingerprint density at radius 1 is 0.931 bits per heavy atom. The first-order valence-corrected chi connectivity index (χ1v) is 10.0. The molecule has 29 heavy (non-hydrogen) atoms. The van der Waals surface area contributed by atoms with Crippen LogP contribution >= 0.6 is 34.8 Å². The van der Waals surface area contributed by atoms with Gasteiger partial charge in [-0.25, -0.2) is 4.39 Å². The topological polar surface area (TPSA) is 62.4 Å². The highest BCUT2D eigenvalue weighted by molar-refractivity contribution is 14.1. The summed E-state index contributed by atoms with van der Waals surface area (Å²) < 4.78 is 19.9. The number of thiocarbonyl (C=S) groups is 1. The van der Waals surface area contributed by atoms with Crippen molar-refractivity contribution in [3.8, 4) is 5.75 Å². The first-order chi connectivity index (χ1) is 14.0. The Balaban J connectivity index is 1.59. The predicted molar refractivity (Wildman–Crippen MR) is 126 cm³/mol. The average Bonchev–Trinajstić information content (AvgIpc) is 2.70. The lowest BCUT2D eigenvalue weighted by atomic mass is 10.2. The minimum Gasteiger partial charge on any atom is -0.496 e. The molecule has 0 aliphatic heterocycles. The number of ether oxygens (including phenoxy) is 1. The maximum absolute atomic E-state index is 13.7. The number of benzene rings is 3. The number of rotatable bonds is 5. The minimum absolute atomic E-state index is 0.00537. The maximum Gasteiger partial charge on any atom is 0.258 e. The van der Waals surface area contributed by atoms with E-state index >= 15 is 0 Å². The molecule has 8 heteroatoms. The van der Waals surface area contributed by atoms with E-state index in [-0.39, 0.29) is 5.56 Å². The number of carbonyl (C=O) groups is 1. The van der Waals surface area contributed by atoms with Crippen molar-refractivity contribution in [2.45, 2.75) is 0 Å². The maximum atomic E-state index is 13.7. The molecule has 0 unspecified atom stereocenters. The van der Waals surface area contributed by atoms with Gasteiger partial charge >= 0.3 is 0 Å². The molecule has 3 aromatic rings. The fraction of sp³-hybridized carbons (Fsp3) is 0.0476. The van der Waals surface area contributed by atoms with Gasteiger partial charge in [-0.2, -0.15) is 0 Å². The van der Waals surface area contributed by atoms with E-state index in [1.165, 1.54) is 18.2 Å². The van der Waals surface area contributed by atoms with Gasteiger partial charge in [0.1, 0.15) is 11.6 Å². The van der Waals surface area contributed by atoms with Crippen molar-refractivity contribution < 1.29 is 13.9 Å². The minimum atomic E-state index is -0.562. The molecule has 3 rings (SSSR count). The summed E-state index contributed by atoms with van der Waals surface area (Å²) >= 11 is 7.53.